The van der Waals surface area contributed by atoms with Gasteiger partial charge in [-0.25, -0.2) is 9.97 Å². The highest BCUT2D eigenvalue weighted by Gasteiger charge is 2.27. The van der Waals surface area contributed by atoms with Crippen molar-refractivity contribution in [2.24, 2.45) is 7.05 Å². The number of aryl methyl sites for hydroxylation is 1. The number of hydrogen-bond acceptors (Lipinski definition) is 3. The van der Waals surface area contributed by atoms with E-state index in [0.717, 1.165) is 28.5 Å². The highest BCUT2D eigenvalue weighted by molar-refractivity contribution is 7.10. The Hall–Kier alpha value is -1.68. The van der Waals surface area contributed by atoms with Crippen molar-refractivity contribution in [2.75, 3.05) is 0 Å². The first-order valence-electron chi connectivity index (χ1n) is 6.20. The van der Waals surface area contributed by atoms with Gasteiger partial charge in [-0.05, 0) is 25.0 Å². The topological polar surface area (TPSA) is 30.7 Å². The maximum Gasteiger partial charge on any atom is 0.160 e. The van der Waals surface area contributed by atoms with Crippen LogP contribution in [0.25, 0.3) is 22.6 Å². The summed E-state index contributed by atoms with van der Waals surface area (Å²) in [6.45, 7) is 0. The third-order valence-corrected chi connectivity index (χ3v) is 4.47. The summed E-state index contributed by atoms with van der Waals surface area (Å²) in [5.74, 6) is 1.69. The Labute approximate surface area is 109 Å². The second kappa shape index (κ2) is 3.65. The zero-order valence-electron chi connectivity index (χ0n) is 10.1. The molecule has 1 aliphatic rings. The van der Waals surface area contributed by atoms with Crippen molar-refractivity contribution in [3.05, 3.63) is 34.7 Å². The molecule has 2 heterocycles. The second-order valence-corrected chi connectivity index (χ2v) is 5.72. The van der Waals surface area contributed by atoms with Crippen molar-refractivity contribution >= 4 is 22.4 Å². The predicted molar refractivity (Wildman–Crippen MR) is 73.8 cm³/mol. The zero-order chi connectivity index (χ0) is 12.1. The molecule has 0 bridgehead atoms. The molecule has 4 heteroatoms. The minimum absolute atomic E-state index is 0.721. The minimum Gasteiger partial charge on any atom is -0.326 e. The van der Waals surface area contributed by atoms with Gasteiger partial charge in [-0.1, -0.05) is 12.1 Å². The van der Waals surface area contributed by atoms with Gasteiger partial charge in [-0.2, -0.15) is 0 Å². The number of benzene rings is 1. The zero-order valence-corrected chi connectivity index (χ0v) is 10.9. The molecule has 0 unspecified atom stereocenters. The molecule has 1 saturated carbocycles. The van der Waals surface area contributed by atoms with E-state index in [1.54, 1.807) is 11.3 Å². The fourth-order valence-electron chi connectivity index (χ4n) is 2.28. The Morgan fingerprint density at radius 1 is 1.22 bits per heavy atom. The van der Waals surface area contributed by atoms with Crippen LogP contribution in [0.5, 0.6) is 0 Å². The maximum absolute atomic E-state index is 4.73. The smallest absolute Gasteiger partial charge is 0.160 e. The molecular formula is C14H13N3S. The molecule has 0 saturated heterocycles. The van der Waals surface area contributed by atoms with Crippen molar-refractivity contribution in [1.29, 1.82) is 0 Å². The van der Waals surface area contributed by atoms with Gasteiger partial charge in [0.25, 0.3) is 0 Å². The maximum atomic E-state index is 4.73. The number of para-hydroxylation sites is 2. The molecule has 0 aliphatic heterocycles. The first kappa shape index (κ1) is 10.3. The first-order valence-corrected chi connectivity index (χ1v) is 7.08. The number of nitrogens with zero attached hydrogens (tertiary/aromatic N) is 3. The lowest BCUT2D eigenvalue weighted by Gasteiger charge is -1.98. The Morgan fingerprint density at radius 2 is 2.06 bits per heavy atom. The van der Waals surface area contributed by atoms with Crippen molar-refractivity contribution in [3.8, 4) is 11.5 Å². The molecule has 0 amide bonds. The molecule has 90 valence electrons. The standard InChI is InChI=1S/C14H13N3S/c1-17-12-5-3-2-4-10(12)15-13(17)11-8-18-14(16-11)9-6-7-9/h2-5,8-9H,6-7H2,1H3. The van der Waals surface area contributed by atoms with Gasteiger partial charge in [0.05, 0.1) is 16.0 Å². The van der Waals surface area contributed by atoms with Crippen LogP contribution >= 0.6 is 11.3 Å². The largest absolute Gasteiger partial charge is 0.326 e. The summed E-state index contributed by atoms with van der Waals surface area (Å²) in [7, 11) is 2.06. The fraction of sp³-hybridized carbons (Fsp3) is 0.286. The van der Waals surface area contributed by atoms with Gasteiger partial charge in [0.2, 0.25) is 0 Å². The van der Waals surface area contributed by atoms with E-state index in [2.05, 4.69) is 28.0 Å². The summed E-state index contributed by atoms with van der Waals surface area (Å²) in [5.41, 5.74) is 3.21. The van der Waals surface area contributed by atoms with Crippen LogP contribution in [-0.4, -0.2) is 14.5 Å². The van der Waals surface area contributed by atoms with E-state index in [1.807, 2.05) is 18.2 Å². The Kier molecular flexibility index (Phi) is 2.08. The minimum atomic E-state index is 0.721. The highest BCUT2D eigenvalue weighted by atomic mass is 32.1. The number of thiazole rings is 1. The molecule has 0 N–H and O–H groups in total. The van der Waals surface area contributed by atoms with Crippen LogP contribution in [-0.2, 0) is 7.05 Å². The number of hydrogen-bond donors (Lipinski definition) is 0. The molecule has 3 aromatic rings. The molecule has 2 aromatic heterocycles. The molecule has 1 fully saturated rings. The summed E-state index contributed by atoms with van der Waals surface area (Å²) < 4.78 is 2.13. The van der Waals surface area contributed by atoms with Gasteiger partial charge in [-0.15, -0.1) is 11.3 Å². The van der Waals surface area contributed by atoms with E-state index in [0.29, 0.717) is 0 Å². The van der Waals surface area contributed by atoms with Crippen LogP contribution in [0.15, 0.2) is 29.6 Å². The fourth-order valence-corrected chi connectivity index (χ4v) is 3.25. The highest BCUT2D eigenvalue weighted by Crippen LogP contribution is 2.42. The lowest BCUT2D eigenvalue weighted by atomic mass is 10.3. The van der Waals surface area contributed by atoms with Crippen LogP contribution in [0.4, 0.5) is 0 Å². The molecule has 1 aromatic carbocycles. The van der Waals surface area contributed by atoms with Gasteiger partial charge >= 0.3 is 0 Å². The van der Waals surface area contributed by atoms with Crippen molar-refractivity contribution in [2.45, 2.75) is 18.8 Å². The monoisotopic (exact) mass is 255 g/mol. The average molecular weight is 255 g/mol. The van der Waals surface area contributed by atoms with Crippen molar-refractivity contribution < 1.29 is 0 Å². The van der Waals surface area contributed by atoms with E-state index in [-0.39, 0.29) is 0 Å². The second-order valence-electron chi connectivity index (χ2n) is 4.83. The molecule has 4 rings (SSSR count). The van der Waals surface area contributed by atoms with Crippen molar-refractivity contribution in [1.82, 2.24) is 14.5 Å². The Balaban J connectivity index is 1.87. The number of imidazole rings is 1. The van der Waals surface area contributed by atoms with Crippen LogP contribution < -0.4 is 0 Å². The van der Waals surface area contributed by atoms with Crippen LogP contribution in [0.2, 0.25) is 0 Å². The van der Waals surface area contributed by atoms with Crippen LogP contribution in [0.3, 0.4) is 0 Å². The Bertz CT molecular complexity index is 722. The van der Waals surface area contributed by atoms with Crippen molar-refractivity contribution in [3.63, 3.8) is 0 Å². The summed E-state index contributed by atoms with van der Waals surface area (Å²) in [4.78, 5) is 9.42. The summed E-state index contributed by atoms with van der Waals surface area (Å²) in [5, 5.41) is 3.41. The van der Waals surface area contributed by atoms with Gasteiger partial charge in [0.15, 0.2) is 5.82 Å². The average Bonchev–Trinajstić information content (AvgIpc) is 3.04. The third-order valence-electron chi connectivity index (χ3n) is 3.46. The summed E-state index contributed by atoms with van der Waals surface area (Å²) >= 11 is 1.77. The SMILES string of the molecule is Cn1c(-c2csc(C3CC3)n2)nc2ccccc21. The predicted octanol–water partition coefficient (Wildman–Crippen LogP) is 3.57. The van der Waals surface area contributed by atoms with Gasteiger partial charge < -0.3 is 4.57 Å². The lowest BCUT2D eigenvalue weighted by molar-refractivity contribution is 0.948. The molecule has 0 atom stereocenters. The van der Waals surface area contributed by atoms with Gasteiger partial charge in [0, 0.05) is 18.3 Å². The molecule has 18 heavy (non-hydrogen) atoms. The molecule has 0 spiro atoms. The van der Waals surface area contributed by atoms with E-state index >= 15 is 0 Å². The number of aromatic nitrogens is 3. The summed E-state index contributed by atoms with van der Waals surface area (Å²) in [6, 6.07) is 8.22. The quantitative estimate of drug-likeness (QED) is 0.701. The number of fused-ring (bicyclic) bond motifs is 1. The summed E-state index contributed by atoms with van der Waals surface area (Å²) in [6.07, 6.45) is 2.60. The molecule has 0 radical (unpaired) electrons. The molecule has 3 nitrogen and oxygen atoms in total. The van der Waals surface area contributed by atoms with Gasteiger partial charge in [0.1, 0.15) is 5.69 Å². The number of rotatable bonds is 2. The van der Waals surface area contributed by atoms with E-state index in [9.17, 15) is 0 Å². The molecular weight excluding hydrogens is 242 g/mol. The van der Waals surface area contributed by atoms with E-state index in [1.165, 1.54) is 17.8 Å². The lowest BCUT2D eigenvalue weighted by Crippen LogP contribution is -1.92. The first-order chi connectivity index (χ1) is 8.83. The Morgan fingerprint density at radius 3 is 2.83 bits per heavy atom. The van der Waals surface area contributed by atoms with Gasteiger partial charge in [-0.3, -0.25) is 0 Å². The third kappa shape index (κ3) is 1.49. The van der Waals surface area contributed by atoms with E-state index in [4.69, 9.17) is 4.98 Å². The van der Waals surface area contributed by atoms with Crippen LogP contribution in [0, 0.1) is 0 Å². The van der Waals surface area contributed by atoms with E-state index < -0.39 is 0 Å². The van der Waals surface area contributed by atoms with Crippen LogP contribution in [0.1, 0.15) is 23.8 Å². The molecule has 1 aliphatic carbocycles. The normalized spacial score (nSPS) is 15.4.